The Morgan fingerprint density at radius 3 is 2.75 bits per heavy atom. The van der Waals surface area contributed by atoms with Gasteiger partial charge in [-0.25, -0.2) is 4.98 Å². The Morgan fingerprint density at radius 2 is 2.00 bits per heavy atom. The standard InChI is InChI=1S/C24H24N2O5S/c1-15(13-29-3)30-22(27)12-26-20-11-18(9-10-21(20)31-16(2)24(26)28)19-14-32-23(25-19)17-7-5-4-6-8-17/h4-11,14-16H,12-13H2,1-3H3. The number of fused-ring (bicyclic) bond motifs is 1. The highest BCUT2D eigenvalue weighted by molar-refractivity contribution is 7.13. The number of anilines is 1. The summed E-state index contributed by atoms with van der Waals surface area (Å²) in [5.74, 6) is -0.264. The van der Waals surface area contributed by atoms with Crippen molar-refractivity contribution >= 4 is 28.9 Å². The Morgan fingerprint density at radius 1 is 1.22 bits per heavy atom. The molecular formula is C24H24N2O5S. The van der Waals surface area contributed by atoms with Gasteiger partial charge in [0.25, 0.3) is 5.91 Å². The zero-order chi connectivity index (χ0) is 22.7. The highest BCUT2D eigenvalue weighted by Crippen LogP contribution is 2.38. The fourth-order valence-corrected chi connectivity index (χ4v) is 4.34. The van der Waals surface area contributed by atoms with Crippen LogP contribution in [0, 0.1) is 0 Å². The number of benzene rings is 2. The zero-order valence-electron chi connectivity index (χ0n) is 18.1. The molecule has 8 heteroatoms. The maximum atomic E-state index is 12.8. The van der Waals surface area contributed by atoms with Crippen LogP contribution in [0.4, 0.5) is 5.69 Å². The summed E-state index contributed by atoms with van der Waals surface area (Å²) in [6.07, 6.45) is -1.10. The fraction of sp³-hybridized carbons (Fsp3) is 0.292. The third kappa shape index (κ3) is 4.66. The van der Waals surface area contributed by atoms with Crippen molar-refractivity contribution in [1.29, 1.82) is 0 Å². The molecule has 0 N–H and O–H groups in total. The van der Waals surface area contributed by atoms with Crippen LogP contribution in [0.2, 0.25) is 0 Å². The minimum atomic E-state index is -0.693. The second-order valence-electron chi connectivity index (χ2n) is 7.53. The molecule has 166 valence electrons. The van der Waals surface area contributed by atoms with Crippen LogP contribution in [0.1, 0.15) is 13.8 Å². The summed E-state index contributed by atoms with van der Waals surface area (Å²) in [6, 6.07) is 15.5. The Kier molecular flexibility index (Phi) is 6.53. The number of ether oxygens (including phenoxy) is 3. The number of hydrogen-bond acceptors (Lipinski definition) is 7. The van der Waals surface area contributed by atoms with E-state index in [1.54, 1.807) is 31.3 Å². The van der Waals surface area contributed by atoms with Gasteiger partial charge < -0.3 is 14.2 Å². The van der Waals surface area contributed by atoms with Crippen LogP contribution in [0.25, 0.3) is 21.8 Å². The van der Waals surface area contributed by atoms with E-state index in [-0.39, 0.29) is 19.1 Å². The summed E-state index contributed by atoms with van der Waals surface area (Å²) in [5.41, 5.74) is 3.19. The van der Waals surface area contributed by atoms with Crippen molar-refractivity contribution < 1.29 is 23.8 Å². The van der Waals surface area contributed by atoms with Crippen LogP contribution in [0.15, 0.2) is 53.9 Å². The predicted octanol–water partition coefficient (Wildman–Crippen LogP) is 4.17. The molecular weight excluding hydrogens is 428 g/mol. The van der Waals surface area contributed by atoms with Gasteiger partial charge in [-0.15, -0.1) is 11.3 Å². The number of methoxy groups -OCH3 is 1. The van der Waals surface area contributed by atoms with Crippen LogP contribution in [-0.2, 0) is 19.1 Å². The number of nitrogens with zero attached hydrogens (tertiary/aromatic N) is 2. The molecule has 0 fully saturated rings. The molecule has 0 aliphatic carbocycles. The molecule has 2 aromatic carbocycles. The molecule has 0 bridgehead atoms. The van der Waals surface area contributed by atoms with Crippen molar-refractivity contribution in [1.82, 2.24) is 4.98 Å². The van der Waals surface area contributed by atoms with Gasteiger partial charge >= 0.3 is 5.97 Å². The van der Waals surface area contributed by atoms with Crippen LogP contribution in [-0.4, -0.2) is 49.3 Å². The van der Waals surface area contributed by atoms with E-state index in [0.717, 1.165) is 21.8 Å². The molecule has 2 atom stereocenters. The first-order valence-electron chi connectivity index (χ1n) is 10.3. The number of esters is 1. The number of carbonyl (C=O) groups is 2. The van der Waals surface area contributed by atoms with E-state index in [0.29, 0.717) is 11.4 Å². The van der Waals surface area contributed by atoms with Gasteiger partial charge in [-0.1, -0.05) is 30.3 Å². The molecule has 3 aromatic rings. The SMILES string of the molecule is COCC(C)OC(=O)CN1C(=O)C(C)Oc2ccc(-c3csc(-c4ccccc4)n3)cc21. The maximum Gasteiger partial charge on any atom is 0.326 e. The van der Waals surface area contributed by atoms with Gasteiger partial charge in [-0.05, 0) is 32.0 Å². The number of carbonyl (C=O) groups excluding carboxylic acids is 2. The molecule has 32 heavy (non-hydrogen) atoms. The van der Waals surface area contributed by atoms with Crippen LogP contribution in [0.5, 0.6) is 5.75 Å². The van der Waals surface area contributed by atoms with E-state index in [1.165, 1.54) is 12.0 Å². The lowest BCUT2D eigenvalue weighted by molar-refractivity contribution is -0.149. The van der Waals surface area contributed by atoms with Gasteiger partial charge in [0.15, 0.2) is 6.10 Å². The van der Waals surface area contributed by atoms with Gasteiger partial charge in [0.1, 0.15) is 23.4 Å². The van der Waals surface area contributed by atoms with Gasteiger partial charge in [0.05, 0.1) is 18.0 Å². The first-order chi connectivity index (χ1) is 15.5. The maximum absolute atomic E-state index is 12.8. The van der Waals surface area contributed by atoms with Crippen LogP contribution < -0.4 is 9.64 Å². The highest BCUT2D eigenvalue weighted by Gasteiger charge is 2.33. The Balaban J connectivity index is 1.61. The average molecular weight is 453 g/mol. The third-order valence-electron chi connectivity index (χ3n) is 5.01. The van der Waals surface area contributed by atoms with Crippen molar-refractivity contribution in [3.8, 4) is 27.6 Å². The molecule has 4 rings (SSSR count). The molecule has 2 unspecified atom stereocenters. The summed E-state index contributed by atoms with van der Waals surface area (Å²) in [6.45, 7) is 3.48. The van der Waals surface area contributed by atoms with E-state index in [2.05, 4.69) is 0 Å². The quantitative estimate of drug-likeness (QED) is 0.501. The first kappa shape index (κ1) is 22.0. The van der Waals surface area contributed by atoms with Crippen molar-refractivity contribution in [2.45, 2.75) is 26.1 Å². The van der Waals surface area contributed by atoms with E-state index >= 15 is 0 Å². The molecule has 1 aliphatic heterocycles. The second-order valence-corrected chi connectivity index (χ2v) is 8.38. The number of rotatable bonds is 7. The predicted molar refractivity (Wildman–Crippen MR) is 123 cm³/mol. The van der Waals surface area contributed by atoms with Gasteiger partial charge in [-0.3, -0.25) is 14.5 Å². The lowest BCUT2D eigenvalue weighted by Crippen LogP contribution is -2.47. The number of amides is 1. The normalized spacial score (nSPS) is 16.3. The minimum Gasteiger partial charge on any atom is -0.479 e. The monoisotopic (exact) mass is 452 g/mol. The van der Waals surface area contributed by atoms with Crippen molar-refractivity contribution in [3.63, 3.8) is 0 Å². The highest BCUT2D eigenvalue weighted by atomic mass is 32.1. The molecule has 0 spiro atoms. The summed E-state index contributed by atoms with van der Waals surface area (Å²) >= 11 is 1.55. The van der Waals surface area contributed by atoms with E-state index < -0.39 is 18.2 Å². The Bertz CT molecular complexity index is 1110. The summed E-state index contributed by atoms with van der Waals surface area (Å²) in [4.78, 5) is 31.4. The molecule has 1 aliphatic rings. The molecule has 0 radical (unpaired) electrons. The number of hydrogen-bond donors (Lipinski definition) is 0. The Labute approximate surface area is 190 Å². The van der Waals surface area contributed by atoms with E-state index in [9.17, 15) is 9.59 Å². The smallest absolute Gasteiger partial charge is 0.326 e. The van der Waals surface area contributed by atoms with Crippen LogP contribution >= 0.6 is 11.3 Å². The number of aromatic nitrogens is 1. The summed E-state index contributed by atoms with van der Waals surface area (Å²) in [5, 5.41) is 2.88. The average Bonchev–Trinajstić information content (AvgIpc) is 3.28. The molecule has 1 aromatic heterocycles. The second kappa shape index (κ2) is 9.50. The van der Waals surface area contributed by atoms with Gasteiger partial charge in [-0.2, -0.15) is 0 Å². The zero-order valence-corrected chi connectivity index (χ0v) is 18.9. The molecule has 1 amide bonds. The van der Waals surface area contributed by atoms with Gasteiger partial charge in [0.2, 0.25) is 0 Å². The van der Waals surface area contributed by atoms with Crippen molar-refractivity contribution in [3.05, 3.63) is 53.9 Å². The van der Waals surface area contributed by atoms with E-state index in [1.807, 2.05) is 47.8 Å². The Hall–Kier alpha value is -3.23. The lowest BCUT2D eigenvalue weighted by atomic mass is 10.1. The fourth-order valence-electron chi connectivity index (χ4n) is 3.51. The topological polar surface area (TPSA) is 78.0 Å². The summed E-state index contributed by atoms with van der Waals surface area (Å²) in [7, 11) is 1.54. The lowest BCUT2D eigenvalue weighted by Gasteiger charge is -2.32. The molecule has 7 nitrogen and oxygen atoms in total. The van der Waals surface area contributed by atoms with Crippen molar-refractivity contribution in [2.75, 3.05) is 25.2 Å². The summed E-state index contributed by atoms with van der Waals surface area (Å²) < 4.78 is 16.1. The molecule has 2 heterocycles. The van der Waals surface area contributed by atoms with E-state index in [4.69, 9.17) is 19.2 Å². The molecule has 0 saturated heterocycles. The largest absolute Gasteiger partial charge is 0.479 e. The first-order valence-corrected chi connectivity index (χ1v) is 11.2. The molecule has 0 saturated carbocycles. The number of thiazole rings is 1. The van der Waals surface area contributed by atoms with Gasteiger partial charge in [0, 0.05) is 23.6 Å². The third-order valence-corrected chi connectivity index (χ3v) is 5.90. The minimum absolute atomic E-state index is 0.205. The van der Waals surface area contributed by atoms with Crippen LogP contribution in [0.3, 0.4) is 0 Å². The van der Waals surface area contributed by atoms with Crippen molar-refractivity contribution in [2.24, 2.45) is 0 Å².